The van der Waals surface area contributed by atoms with Gasteiger partial charge in [-0.3, -0.25) is 4.99 Å². The third-order valence-corrected chi connectivity index (χ3v) is 4.26. The highest BCUT2D eigenvalue weighted by Crippen LogP contribution is 1.87. The van der Waals surface area contributed by atoms with Gasteiger partial charge < -0.3 is 20.1 Å². The fourth-order valence-corrected chi connectivity index (χ4v) is 2.02. The first kappa shape index (κ1) is 23.1. The fraction of sp³-hybridized carbons (Fsp3) is 0.917. The second-order valence-corrected chi connectivity index (χ2v) is 6.59. The molecule has 0 saturated heterocycles. The molecule has 0 aromatic rings. The second-order valence-electron chi connectivity index (χ2n) is 4.12. The zero-order valence-corrected chi connectivity index (χ0v) is 16.2. The molecule has 0 rings (SSSR count). The Morgan fingerprint density at radius 2 is 1.81 bits per heavy atom. The first-order chi connectivity index (χ1) is 9.55. The van der Waals surface area contributed by atoms with E-state index in [0.29, 0.717) is 38.9 Å². The van der Waals surface area contributed by atoms with Crippen LogP contribution < -0.4 is 10.6 Å². The van der Waals surface area contributed by atoms with Gasteiger partial charge in [0.15, 0.2) is 15.8 Å². The summed E-state index contributed by atoms with van der Waals surface area (Å²) in [7, 11) is 0.351. The molecule has 0 atom stereocenters. The molecule has 0 aliphatic rings. The van der Waals surface area contributed by atoms with Crippen LogP contribution in [-0.4, -0.2) is 73.0 Å². The lowest BCUT2D eigenvalue weighted by atomic mass is 10.4. The van der Waals surface area contributed by atoms with Crippen LogP contribution in [0.25, 0.3) is 0 Å². The number of nitrogens with one attached hydrogen (secondary N) is 2. The van der Waals surface area contributed by atoms with E-state index in [1.165, 1.54) is 0 Å². The first-order valence-electron chi connectivity index (χ1n) is 6.77. The molecule has 0 amide bonds. The van der Waals surface area contributed by atoms with Crippen LogP contribution in [0.15, 0.2) is 4.99 Å². The van der Waals surface area contributed by atoms with E-state index in [1.54, 1.807) is 21.1 Å². The van der Waals surface area contributed by atoms with Crippen molar-refractivity contribution >= 4 is 39.8 Å². The van der Waals surface area contributed by atoms with Gasteiger partial charge in [0.05, 0.1) is 19.0 Å². The molecule has 0 saturated carbocycles. The van der Waals surface area contributed by atoms with Crippen LogP contribution in [0.3, 0.4) is 0 Å². The Morgan fingerprint density at radius 1 is 1.14 bits per heavy atom. The van der Waals surface area contributed by atoms with Crippen LogP contribution in [0.4, 0.5) is 0 Å². The minimum Gasteiger partial charge on any atom is -0.382 e. The van der Waals surface area contributed by atoms with Crippen molar-refractivity contribution in [2.45, 2.75) is 13.3 Å². The summed E-state index contributed by atoms with van der Waals surface area (Å²) in [5, 5.41) is 6.07. The number of rotatable bonds is 11. The van der Waals surface area contributed by atoms with Crippen LogP contribution in [0.5, 0.6) is 0 Å². The molecule has 9 heteroatoms. The average molecular weight is 437 g/mol. The zero-order chi connectivity index (χ0) is 15.3. The molecule has 21 heavy (non-hydrogen) atoms. The maximum absolute atomic E-state index is 11.3. The molecule has 0 unspecified atom stereocenters. The molecular weight excluding hydrogens is 409 g/mol. The van der Waals surface area contributed by atoms with Gasteiger partial charge in [0.1, 0.15) is 0 Å². The van der Waals surface area contributed by atoms with Gasteiger partial charge in [-0.1, -0.05) is 6.92 Å². The molecule has 2 N–H and O–H groups in total. The lowest BCUT2D eigenvalue weighted by molar-refractivity contribution is 0.0698. The number of guanidine groups is 1. The van der Waals surface area contributed by atoms with Crippen molar-refractivity contribution < 1.29 is 17.9 Å². The molecular formula is C12H28IN3O4S. The number of ether oxygens (including phenoxy) is 2. The van der Waals surface area contributed by atoms with Crippen molar-refractivity contribution in [1.82, 2.24) is 10.6 Å². The monoisotopic (exact) mass is 437 g/mol. The molecule has 0 heterocycles. The minimum absolute atomic E-state index is 0. The van der Waals surface area contributed by atoms with Crippen molar-refractivity contribution in [3.8, 4) is 0 Å². The molecule has 7 nitrogen and oxygen atoms in total. The Kier molecular flexibility index (Phi) is 16.3. The quantitative estimate of drug-likeness (QED) is 0.209. The first-order valence-corrected chi connectivity index (χ1v) is 8.59. The summed E-state index contributed by atoms with van der Waals surface area (Å²) in [4.78, 5) is 4.02. The highest BCUT2D eigenvalue weighted by atomic mass is 127. The minimum atomic E-state index is -2.94. The van der Waals surface area contributed by atoms with Gasteiger partial charge in [-0.25, -0.2) is 8.42 Å². The Morgan fingerprint density at radius 3 is 2.38 bits per heavy atom. The summed E-state index contributed by atoms with van der Waals surface area (Å²) in [6.07, 6.45) is 0.845. The predicted molar refractivity (Wildman–Crippen MR) is 96.4 cm³/mol. The maximum atomic E-state index is 11.3. The molecule has 0 bridgehead atoms. The summed E-state index contributed by atoms with van der Waals surface area (Å²) in [5.41, 5.74) is 0. The Bertz CT molecular complexity index is 364. The summed E-state index contributed by atoms with van der Waals surface area (Å²) >= 11 is 0. The highest BCUT2D eigenvalue weighted by molar-refractivity contribution is 14.0. The van der Waals surface area contributed by atoms with Crippen molar-refractivity contribution in [2.24, 2.45) is 4.99 Å². The average Bonchev–Trinajstić information content (AvgIpc) is 2.44. The molecule has 0 fully saturated rings. The van der Waals surface area contributed by atoms with Gasteiger partial charge in [-0.05, 0) is 6.42 Å². The molecule has 0 aromatic carbocycles. The summed E-state index contributed by atoms with van der Waals surface area (Å²) in [6.45, 7) is 4.57. The third-order valence-electron chi connectivity index (χ3n) is 2.56. The predicted octanol–water partition coefficient (Wildman–Crippen LogP) is 0.257. The smallest absolute Gasteiger partial charge is 0.191 e. The van der Waals surface area contributed by atoms with E-state index in [-0.39, 0.29) is 35.5 Å². The van der Waals surface area contributed by atoms with Crippen LogP contribution in [-0.2, 0) is 19.3 Å². The summed E-state index contributed by atoms with van der Waals surface area (Å²) in [6, 6.07) is 0. The van der Waals surface area contributed by atoms with E-state index in [2.05, 4.69) is 15.6 Å². The SMILES string of the molecule is CCS(=O)(=O)CCNC(=NC)NCCCOCCOC.I. The van der Waals surface area contributed by atoms with E-state index >= 15 is 0 Å². The molecule has 128 valence electrons. The topological polar surface area (TPSA) is 89.0 Å². The number of hydrogen-bond donors (Lipinski definition) is 2. The van der Waals surface area contributed by atoms with Crippen LogP contribution in [0, 0.1) is 0 Å². The van der Waals surface area contributed by atoms with Crippen molar-refractivity contribution in [3.05, 3.63) is 0 Å². The van der Waals surface area contributed by atoms with Crippen LogP contribution in [0.2, 0.25) is 0 Å². The fourth-order valence-electron chi connectivity index (χ4n) is 1.32. The number of methoxy groups -OCH3 is 1. The molecule has 0 radical (unpaired) electrons. The summed E-state index contributed by atoms with van der Waals surface area (Å²) < 4.78 is 32.8. The number of aliphatic imine (C=N–C) groups is 1. The Labute approximate surface area is 145 Å². The van der Waals surface area contributed by atoms with E-state index in [4.69, 9.17) is 9.47 Å². The molecule has 0 spiro atoms. The molecule has 0 aliphatic heterocycles. The van der Waals surface area contributed by atoms with Gasteiger partial charge in [0.25, 0.3) is 0 Å². The van der Waals surface area contributed by atoms with Crippen molar-refractivity contribution in [1.29, 1.82) is 0 Å². The van der Waals surface area contributed by atoms with Gasteiger partial charge in [0, 0.05) is 39.6 Å². The van der Waals surface area contributed by atoms with Gasteiger partial charge in [-0.2, -0.15) is 0 Å². The van der Waals surface area contributed by atoms with Crippen LogP contribution >= 0.6 is 24.0 Å². The standard InChI is InChI=1S/C12H27N3O4S.HI/c1-4-20(16,17)11-7-15-12(13-2)14-6-5-8-19-10-9-18-3;/h4-11H2,1-3H3,(H2,13,14,15);1H. The second kappa shape index (κ2) is 14.8. The lowest BCUT2D eigenvalue weighted by Crippen LogP contribution is -2.40. The third kappa shape index (κ3) is 14.6. The van der Waals surface area contributed by atoms with Crippen LogP contribution in [0.1, 0.15) is 13.3 Å². The lowest BCUT2D eigenvalue weighted by Gasteiger charge is -2.11. The Balaban J connectivity index is 0. The largest absolute Gasteiger partial charge is 0.382 e. The summed E-state index contributed by atoms with van der Waals surface area (Å²) in [5.74, 6) is 0.886. The van der Waals surface area contributed by atoms with Crippen molar-refractivity contribution in [3.63, 3.8) is 0 Å². The number of hydrogen-bond acceptors (Lipinski definition) is 5. The maximum Gasteiger partial charge on any atom is 0.191 e. The van der Waals surface area contributed by atoms with E-state index in [0.717, 1.165) is 6.42 Å². The van der Waals surface area contributed by atoms with Gasteiger partial charge >= 0.3 is 0 Å². The molecule has 0 aromatic heterocycles. The van der Waals surface area contributed by atoms with E-state index in [9.17, 15) is 8.42 Å². The zero-order valence-electron chi connectivity index (χ0n) is 13.1. The van der Waals surface area contributed by atoms with Crippen molar-refractivity contribution in [2.75, 3.05) is 58.6 Å². The van der Waals surface area contributed by atoms with Gasteiger partial charge in [-0.15, -0.1) is 24.0 Å². The van der Waals surface area contributed by atoms with E-state index in [1.807, 2.05) is 0 Å². The normalized spacial score (nSPS) is 11.9. The number of sulfone groups is 1. The Hall–Kier alpha value is -0.130. The number of halogens is 1. The van der Waals surface area contributed by atoms with E-state index < -0.39 is 9.84 Å². The number of nitrogens with zero attached hydrogens (tertiary/aromatic N) is 1. The molecule has 0 aliphatic carbocycles. The van der Waals surface area contributed by atoms with Gasteiger partial charge in [0.2, 0.25) is 0 Å². The highest BCUT2D eigenvalue weighted by Gasteiger charge is 2.07.